The van der Waals surface area contributed by atoms with Crippen LogP contribution in [0.15, 0.2) is 71.7 Å². The molecule has 0 spiro atoms. The minimum atomic E-state index is -0.302. The fourth-order valence-corrected chi connectivity index (χ4v) is 4.88. The van der Waals surface area contributed by atoms with Crippen LogP contribution < -0.4 is 4.90 Å². The Bertz CT molecular complexity index is 1150. The largest absolute Gasteiger partial charge is 0.336 e. The zero-order chi connectivity index (χ0) is 20.7. The zero-order valence-corrected chi connectivity index (χ0v) is 17.0. The van der Waals surface area contributed by atoms with E-state index in [-0.39, 0.29) is 24.2 Å². The number of thiophene rings is 1. The Morgan fingerprint density at radius 1 is 0.933 bits per heavy atom. The van der Waals surface area contributed by atoms with Crippen LogP contribution in [-0.2, 0) is 22.4 Å². The van der Waals surface area contributed by atoms with Gasteiger partial charge in [0.15, 0.2) is 0 Å². The molecular formula is C24H19FN2O2S. The highest BCUT2D eigenvalue weighted by Gasteiger charge is 2.43. The lowest BCUT2D eigenvalue weighted by Gasteiger charge is -2.21. The molecule has 0 radical (unpaired) electrons. The van der Waals surface area contributed by atoms with Gasteiger partial charge in [-0.15, -0.1) is 11.3 Å². The molecule has 4 nitrogen and oxygen atoms in total. The maximum atomic E-state index is 13.4. The first-order chi connectivity index (χ1) is 14.6. The molecule has 2 aliphatic rings. The number of amides is 2. The summed E-state index contributed by atoms with van der Waals surface area (Å²) in [6, 6.07) is 17.9. The third-order valence-electron chi connectivity index (χ3n) is 5.61. The smallest absolute Gasteiger partial charge is 0.278 e. The molecule has 0 fully saturated rings. The summed E-state index contributed by atoms with van der Waals surface area (Å²) >= 11 is 1.46. The Balaban J connectivity index is 1.49. The molecule has 30 heavy (non-hydrogen) atoms. The Labute approximate surface area is 177 Å². The van der Waals surface area contributed by atoms with Crippen molar-refractivity contribution in [1.82, 2.24) is 4.90 Å². The van der Waals surface area contributed by atoms with E-state index in [0.29, 0.717) is 24.2 Å². The fourth-order valence-electron chi connectivity index (χ4n) is 4.12. The van der Waals surface area contributed by atoms with Crippen LogP contribution >= 0.6 is 11.3 Å². The van der Waals surface area contributed by atoms with Gasteiger partial charge in [-0.05, 0) is 53.6 Å². The minimum Gasteiger partial charge on any atom is -0.336 e. The highest BCUT2D eigenvalue weighted by Crippen LogP contribution is 2.39. The number of anilines is 1. The van der Waals surface area contributed by atoms with E-state index in [1.165, 1.54) is 33.9 Å². The van der Waals surface area contributed by atoms with Crippen molar-refractivity contribution in [3.8, 4) is 0 Å². The van der Waals surface area contributed by atoms with Crippen molar-refractivity contribution in [2.45, 2.75) is 12.8 Å². The van der Waals surface area contributed by atoms with Crippen LogP contribution in [0.5, 0.6) is 0 Å². The maximum Gasteiger partial charge on any atom is 0.278 e. The molecule has 150 valence electrons. The van der Waals surface area contributed by atoms with Crippen LogP contribution in [0.4, 0.5) is 10.1 Å². The third kappa shape index (κ3) is 3.13. The van der Waals surface area contributed by atoms with E-state index in [2.05, 4.69) is 6.07 Å². The molecule has 0 N–H and O–H groups in total. The summed E-state index contributed by atoms with van der Waals surface area (Å²) in [7, 11) is 0. The van der Waals surface area contributed by atoms with E-state index in [1.54, 1.807) is 12.1 Å². The molecule has 0 saturated carbocycles. The van der Waals surface area contributed by atoms with Crippen LogP contribution in [0.2, 0.25) is 0 Å². The first kappa shape index (κ1) is 18.8. The summed E-state index contributed by atoms with van der Waals surface area (Å²) in [5, 5.41) is 1.91. The van der Waals surface area contributed by atoms with Crippen molar-refractivity contribution >= 4 is 34.4 Å². The number of rotatable bonds is 5. The molecule has 5 rings (SSSR count). The number of fused-ring (bicyclic) bond motifs is 1. The Morgan fingerprint density at radius 3 is 2.50 bits per heavy atom. The van der Waals surface area contributed by atoms with Crippen molar-refractivity contribution in [3.63, 3.8) is 0 Å². The van der Waals surface area contributed by atoms with Gasteiger partial charge >= 0.3 is 0 Å². The summed E-state index contributed by atoms with van der Waals surface area (Å²) in [6.45, 7) is 0.936. The van der Waals surface area contributed by atoms with E-state index < -0.39 is 0 Å². The van der Waals surface area contributed by atoms with Crippen LogP contribution in [0.1, 0.15) is 16.0 Å². The van der Waals surface area contributed by atoms with Gasteiger partial charge < -0.3 is 4.90 Å². The van der Waals surface area contributed by atoms with Crippen LogP contribution in [0.3, 0.4) is 0 Å². The van der Waals surface area contributed by atoms with Gasteiger partial charge in [-0.25, -0.2) is 4.39 Å². The van der Waals surface area contributed by atoms with Gasteiger partial charge in [-0.1, -0.05) is 36.4 Å². The van der Waals surface area contributed by atoms with E-state index in [4.69, 9.17) is 0 Å². The van der Waals surface area contributed by atoms with Gasteiger partial charge in [0.1, 0.15) is 11.5 Å². The number of hydrogen-bond donors (Lipinski definition) is 0. The molecular weight excluding hydrogens is 399 g/mol. The molecule has 0 bridgehead atoms. The molecule has 3 aromatic rings. The summed E-state index contributed by atoms with van der Waals surface area (Å²) in [6.07, 6.45) is 1.33. The molecule has 3 heterocycles. The second-order valence-electron chi connectivity index (χ2n) is 7.37. The lowest BCUT2D eigenvalue weighted by atomic mass is 10.1. The Hall–Kier alpha value is -3.25. The first-order valence-electron chi connectivity index (χ1n) is 9.88. The molecule has 0 saturated heterocycles. The van der Waals surface area contributed by atoms with Crippen molar-refractivity contribution in [1.29, 1.82) is 0 Å². The standard InChI is InChI=1S/C24H19FN2O2S/c25-18-9-7-16(8-10-18)11-13-27-23(28)21(20-6-3-15-30-20)22(24(27)29)26-14-12-17-4-1-2-5-19(17)26/h1-10,15H,11-14H2. The number of imide groups is 1. The molecule has 0 atom stereocenters. The number of hydrogen-bond acceptors (Lipinski definition) is 4. The average Bonchev–Trinajstić information content (AvgIpc) is 3.47. The van der Waals surface area contributed by atoms with E-state index in [0.717, 1.165) is 22.5 Å². The number of halogens is 1. The van der Waals surface area contributed by atoms with Crippen molar-refractivity contribution < 1.29 is 14.0 Å². The van der Waals surface area contributed by atoms with Crippen molar-refractivity contribution in [2.75, 3.05) is 18.0 Å². The summed E-state index contributed by atoms with van der Waals surface area (Å²) in [5.74, 6) is -0.824. The number of para-hydroxylation sites is 1. The van der Waals surface area contributed by atoms with Gasteiger partial charge in [-0.3, -0.25) is 14.5 Å². The summed E-state index contributed by atoms with van der Waals surface area (Å²) in [5.41, 5.74) is 4.00. The van der Waals surface area contributed by atoms with Gasteiger partial charge in [0.25, 0.3) is 11.8 Å². The maximum absolute atomic E-state index is 13.4. The second kappa shape index (κ2) is 7.54. The van der Waals surface area contributed by atoms with E-state index in [9.17, 15) is 14.0 Å². The predicted molar refractivity (Wildman–Crippen MR) is 116 cm³/mol. The summed E-state index contributed by atoms with van der Waals surface area (Å²) < 4.78 is 13.2. The third-order valence-corrected chi connectivity index (χ3v) is 6.49. The average molecular weight is 418 g/mol. The lowest BCUT2D eigenvalue weighted by Crippen LogP contribution is -2.36. The van der Waals surface area contributed by atoms with Crippen LogP contribution in [0, 0.1) is 5.82 Å². The number of carbonyl (C=O) groups is 2. The zero-order valence-electron chi connectivity index (χ0n) is 16.2. The predicted octanol–water partition coefficient (Wildman–Crippen LogP) is 4.27. The summed E-state index contributed by atoms with van der Waals surface area (Å²) in [4.78, 5) is 30.9. The molecule has 1 aromatic heterocycles. The quantitative estimate of drug-likeness (QED) is 0.581. The SMILES string of the molecule is O=C1C(c2cccs2)=C(N2CCc3ccccc32)C(=O)N1CCc1ccc(F)cc1. The van der Waals surface area contributed by atoms with Gasteiger partial charge in [0, 0.05) is 23.7 Å². The monoisotopic (exact) mass is 418 g/mol. The Morgan fingerprint density at radius 2 is 1.73 bits per heavy atom. The molecule has 2 aliphatic heterocycles. The fraction of sp³-hybridized carbons (Fsp3) is 0.167. The molecule has 0 aliphatic carbocycles. The van der Waals surface area contributed by atoms with E-state index in [1.807, 2.05) is 40.6 Å². The highest BCUT2D eigenvalue weighted by molar-refractivity contribution is 7.11. The molecule has 2 aromatic carbocycles. The topological polar surface area (TPSA) is 40.6 Å². The normalized spacial score (nSPS) is 16.0. The number of nitrogens with zero attached hydrogens (tertiary/aromatic N) is 2. The molecule has 0 unspecified atom stereocenters. The van der Waals surface area contributed by atoms with Gasteiger partial charge in [-0.2, -0.15) is 0 Å². The number of benzene rings is 2. The van der Waals surface area contributed by atoms with Gasteiger partial charge in [0.05, 0.1) is 5.57 Å². The molecule has 2 amide bonds. The second-order valence-corrected chi connectivity index (χ2v) is 8.32. The first-order valence-corrected chi connectivity index (χ1v) is 10.8. The van der Waals surface area contributed by atoms with Crippen molar-refractivity contribution in [2.24, 2.45) is 0 Å². The van der Waals surface area contributed by atoms with Crippen LogP contribution in [-0.4, -0.2) is 29.8 Å². The van der Waals surface area contributed by atoms with Crippen molar-refractivity contribution in [3.05, 3.63) is 93.6 Å². The number of carbonyl (C=O) groups excluding carboxylic acids is 2. The van der Waals surface area contributed by atoms with Crippen LogP contribution in [0.25, 0.3) is 5.57 Å². The van der Waals surface area contributed by atoms with E-state index >= 15 is 0 Å². The van der Waals surface area contributed by atoms with Gasteiger partial charge in [0.2, 0.25) is 0 Å². The molecule has 6 heteroatoms. The Kier molecular flexibility index (Phi) is 4.71. The highest BCUT2D eigenvalue weighted by atomic mass is 32.1. The lowest BCUT2D eigenvalue weighted by molar-refractivity contribution is -0.136. The minimum absolute atomic E-state index is 0.260.